The highest BCUT2D eigenvalue weighted by Gasteiger charge is 2.21. The van der Waals surface area contributed by atoms with Gasteiger partial charge in [-0.15, -0.1) is 0 Å². The first-order valence-corrected chi connectivity index (χ1v) is 6.29. The summed E-state index contributed by atoms with van der Waals surface area (Å²) in [6.45, 7) is 5.51. The highest BCUT2D eigenvalue weighted by Crippen LogP contribution is 2.17. The zero-order chi connectivity index (χ0) is 11.4. The number of sulfonamides is 1. The maximum absolute atomic E-state index is 11.4. The van der Waals surface area contributed by atoms with E-state index in [1.54, 1.807) is 0 Å². The molecule has 0 atom stereocenters. The zero-order valence-corrected chi connectivity index (χ0v) is 10.1. The second-order valence-electron chi connectivity index (χ2n) is 4.30. The van der Waals surface area contributed by atoms with E-state index in [4.69, 9.17) is 0 Å². The van der Waals surface area contributed by atoms with Crippen LogP contribution in [0.2, 0.25) is 0 Å². The number of hydrogen-bond acceptors (Lipinski definition) is 3. The molecule has 0 aromatic heterocycles. The molecule has 4 nitrogen and oxygen atoms in total. The van der Waals surface area contributed by atoms with E-state index < -0.39 is 10.0 Å². The normalized spacial score (nSPS) is 12.9. The van der Waals surface area contributed by atoms with Crippen LogP contribution in [0.15, 0.2) is 0 Å². The molecule has 0 amide bonds. The lowest BCUT2D eigenvalue weighted by atomic mass is 9.88. The average molecular weight is 221 g/mol. The molecule has 0 bridgehead atoms. The minimum absolute atomic E-state index is 0.0192. The van der Waals surface area contributed by atoms with E-state index in [9.17, 15) is 13.2 Å². The van der Waals surface area contributed by atoms with Gasteiger partial charge >= 0.3 is 0 Å². The minimum Gasteiger partial charge on any atom is -0.299 e. The Balaban J connectivity index is 3.94. The summed E-state index contributed by atoms with van der Waals surface area (Å²) in [6, 6.07) is 0. The third kappa shape index (κ3) is 5.34. The largest absolute Gasteiger partial charge is 0.299 e. The molecule has 0 aromatic carbocycles. The Morgan fingerprint density at radius 2 is 1.79 bits per heavy atom. The number of carbonyl (C=O) groups excluding carboxylic acids is 1. The highest BCUT2D eigenvalue weighted by atomic mass is 32.2. The highest BCUT2D eigenvalue weighted by molar-refractivity contribution is 7.89. The molecule has 0 aromatic rings. The molecule has 0 unspecified atom stereocenters. The molecule has 0 radical (unpaired) electrons. The van der Waals surface area contributed by atoms with Crippen molar-refractivity contribution in [1.29, 1.82) is 0 Å². The second kappa shape index (κ2) is 4.89. The van der Waals surface area contributed by atoms with E-state index in [2.05, 4.69) is 4.72 Å². The number of Topliss-reactive ketones (excluding diaryl/α,β-unsaturated/α-hetero) is 1. The summed E-state index contributed by atoms with van der Waals surface area (Å²) in [5.41, 5.74) is -0.372. The Kier molecular flexibility index (Phi) is 4.74. The van der Waals surface area contributed by atoms with E-state index in [0.717, 1.165) is 0 Å². The molecule has 0 aliphatic rings. The van der Waals surface area contributed by atoms with Crippen LogP contribution in [0.3, 0.4) is 0 Å². The third-order valence-corrected chi connectivity index (χ3v) is 3.41. The fraction of sp³-hybridized carbons (Fsp3) is 0.889. The van der Waals surface area contributed by atoms with Gasteiger partial charge in [-0.3, -0.25) is 4.79 Å². The van der Waals surface area contributed by atoms with Gasteiger partial charge in [0.25, 0.3) is 0 Å². The van der Waals surface area contributed by atoms with Gasteiger partial charge in [-0.05, 0) is 13.5 Å². The van der Waals surface area contributed by atoms with Gasteiger partial charge in [0.15, 0.2) is 0 Å². The van der Waals surface area contributed by atoms with Crippen molar-refractivity contribution in [3.63, 3.8) is 0 Å². The van der Waals surface area contributed by atoms with E-state index in [1.165, 1.54) is 7.05 Å². The molecule has 0 aliphatic heterocycles. The summed E-state index contributed by atoms with van der Waals surface area (Å²) >= 11 is 0. The number of carbonyl (C=O) groups is 1. The van der Waals surface area contributed by atoms with Gasteiger partial charge in [-0.25, -0.2) is 13.1 Å². The molecule has 84 valence electrons. The van der Waals surface area contributed by atoms with E-state index in [1.807, 2.05) is 20.8 Å². The molecule has 14 heavy (non-hydrogen) atoms. The first kappa shape index (κ1) is 13.6. The summed E-state index contributed by atoms with van der Waals surface area (Å²) in [7, 11) is -1.79. The number of hydrogen-bond donors (Lipinski definition) is 1. The monoisotopic (exact) mass is 221 g/mol. The molecule has 1 N–H and O–H groups in total. The average Bonchev–Trinajstić information content (AvgIpc) is 2.02. The van der Waals surface area contributed by atoms with E-state index in [-0.39, 0.29) is 17.0 Å². The smallest absolute Gasteiger partial charge is 0.211 e. The van der Waals surface area contributed by atoms with Crippen molar-refractivity contribution in [2.45, 2.75) is 33.6 Å². The van der Waals surface area contributed by atoms with Crippen molar-refractivity contribution in [3.8, 4) is 0 Å². The Morgan fingerprint density at radius 1 is 1.29 bits per heavy atom. The third-order valence-electron chi connectivity index (χ3n) is 1.96. The summed E-state index contributed by atoms with van der Waals surface area (Å²) in [5, 5.41) is 0. The van der Waals surface area contributed by atoms with E-state index in [0.29, 0.717) is 12.8 Å². The van der Waals surface area contributed by atoms with Crippen molar-refractivity contribution in [2.75, 3.05) is 12.8 Å². The molecule has 0 saturated heterocycles. The lowest BCUT2D eigenvalue weighted by molar-refractivity contribution is -0.126. The van der Waals surface area contributed by atoms with Crippen LogP contribution >= 0.6 is 0 Å². The molecule has 0 fully saturated rings. The Labute approximate surface area is 86.1 Å². The first-order valence-electron chi connectivity index (χ1n) is 4.63. The lowest BCUT2D eigenvalue weighted by Crippen LogP contribution is -2.24. The van der Waals surface area contributed by atoms with Gasteiger partial charge in [0.1, 0.15) is 5.78 Å². The van der Waals surface area contributed by atoms with Gasteiger partial charge in [0.05, 0.1) is 5.75 Å². The molecular formula is C9H19NO3S. The first-order chi connectivity index (χ1) is 6.19. The van der Waals surface area contributed by atoms with Crippen LogP contribution in [-0.4, -0.2) is 27.0 Å². The number of ketones is 1. The van der Waals surface area contributed by atoms with Crippen LogP contribution in [0, 0.1) is 5.41 Å². The van der Waals surface area contributed by atoms with Crippen LogP contribution in [0.5, 0.6) is 0 Å². The summed E-state index contributed by atoms with van der Waals surface area (Å²) in [4.78, 5) is 11.4. The molecule has 0 heterocycles. The maximum Gasteiger partial charge on any atom is 0.211 e. The van der Waals surface area contributed by atoms with Gasteiger partial charge < -0.3 is 0 Å². The molecule has 0 spiro atoms. The van der Waals surface area contributed by atoms with E-state index >= 15 is 0 Å². The zero-order valence-electron chi connectivity index (χ0n) is 9.25. The van der Waals surface area contributed by atoms with Crippen molar-refractivity contribution in [2.24, 2.45) is 5.41 Å². The quantitative estimate of drug-likeness (QED) is 0.751. The van der Waals surface area contributed by atoms with Gasteiger partial charge in [0, 0.05) is 11.8 Å². The van der Waals surface area contributed by atoms with Crippen LogP contribution in [0.4, 0.5) is 0 Å². The Hall–Kier alpha value is -0.420. The van der Waals surface area contributed by atoms with Gasteiger partial charge in [0.2, 0.25) is 10.0 Å². The molecule has 0 rings (SSSR count). The van der Waals surface area contributed by atoms with Crippen LogP contribution in [-0.2, 0) is 14.8 Å². The topological polar surface area (TPSA) is 63.2 Å². The van der Waals surface area contributed by atoms with Crippen molar-refractivity contribution < 1.29 is 13.2 Å². The second-order valence-corrected chi connectivity index (χ2v) is 6.35. The lowest BCUT2D eigenvalue weighted by Gasteiger charge is -2.15. The fourth-order valence-electron chi connectivity index (χ4n) is 0.900. The predicted molar refractivity (Wildman–Crippen MR) is 56.5 cm³/mol. The SMILES string of the molecule is CNS(=O)(=O)CCCC(=O)C(C)(C)C. The van der Waals surface area contributed by atoms with Crippen molar-refractivity contribution in [3.05, 3.63) is 0 Å². The number of rotatable bonds is 5. The molecule has 5 heteroatoms. The predicted octanol–water partition coefficient (Wildman–Crippen LogP) is 0.931. The minimum atomic E-state index is -3.16. The summed E-state index contributed by atoms with van der Waals surface area (Å²) in [6.07, 6.45) is 0.712. The Bertz CT molecular complexity index is 288. The van der Waals surface area contributed by atoms with Crippen LogP contribution in [0.25, 0.3) is 0 Å². The van der Waals surface area contributed by atoms with Crippen molar-refractivity contribution >= 4 is 15.8 Å². The maximum atomic E-state index is 11.4. The fourth-order valence-corrected chi connectivity index (χ4v) is 1.63. The Morgan fingerprint density at radius 3 is 2.14 bits per heavy atom. The number of nitrogens with one attached hydrogen (secondary N) is 1. The standard InChI is InChI=1S/C9H19NO3S/c1-9(2,3)8(11)6-5-7-14(12,13)10-4/h10H,5-7H2,1-4H3. The summed E-state index contributed by atoms with van der Waals surface area (Å²) < 4.78 is 24.2. The summed E-state index contributed by atoms with van der Waals surface area (Å²) in [5.74, 6) is 0.120. The molecule has 0 aliphatic carbocycles. The van der Waals surface area contributed by atoms with Gasteiger partial charge in [-0.2, -0.15) is 0 Å². The molecular weight excluding hydrogens is 202 g/mol. The van der Waals surface area contributed by atoms with Crippen LogP contribution in [0.1, 0.15) is 33.6 Å². The molecule has 0 saturated carbocycles. The van der Waals surface area contributed by atoms with Crippen LogP contribution < -0.4 is 4.72 Å². The van der Waals surface area contributed by atoms with Gasteiger partial charge in [-0.1, -0.05) is 20.8 Å². The van der Waals surface area contributed by atoms with Crippen molar-refractivity contribution in [1.82, 2.24) is 4.72 Å².